The lowest BCUT2D eigenvalue weighted by Gasteiger charge is -2.21. The van der Waals surface area contributed by atoms with Gasteiger partial charge in [0, 0.05) is 16.5 Å². The fraction of sp³-hybridized carbons (Fsp3) is 0.300. The first kappa shape index (κ1) is 8.78. The SMILES string of the molecule is NC1CCSc2cc(C=O)ccc21. The molecule has 0 aliphatic carbocycles. The molecule has 0 amide bonds. The second-order valence-corrected chi connectivity index (χ2v) is 4.30. The molecule has 13 heavy (non-hydrogen) atoms. The van der Waals surface area contributed by atoms with Gasteiger partial charge in [-0.3, -0.25) is 4.79 Å². The third kappa shape index (κ3) is 1.62. The predicted octanol–water partition coefficient (Wildman–Crippen LogP) is 1.99. The van der Waals surface area contributed by atoms with Gasteiger partial charge in [-0.1, -0.05) is 12.1 Å². The van der Waals surface area contributed by atoms with Crippen LogP contribution in [-0.2, 0) is 0 Å². The average Bonchev–Trinajstić information content (AvgIpc) is 2.18. The summed E-state index contributed by atoms with van der Waals surface area (Å²) in [7, 11) is 0. The molecule has 2 rings (SSSR count). The highest BCUT2D eigenvalue weighted by Crippen LogP contribution is 2.34. The minimum Gasteiger partial charge on any atom is -0.324 e. The molecule has 1 heterocycles. The number of rotatable bonds is 1. The highest BCUT2D eigenvalue weighted by molar-refractivity contribution is 7.99. The van der Waals surface area contributed by atoms with Gasteiger partial charge < -0.3 is 5.73 Å². The van der Waals surface area contributed by atoms with Crippen LogP contribution >= 0.6 is 11.8 Å². The molecule has 2 nitrogen and oxygen atoms in total. The highest BCUT2D eigenvalue weighted by atomic mass is 32.2. The number of aldehydes is 1. The fourth-order valence-electron chi connectivity index (χ4n) is 1.51. The number of hydrogen-bond acceptors (Lipinski definition) is 3. The number of benzene rings is 1. The quantitative estimate of drug-likeness (QED) is 0.694. The zero-order valence-electron chi connectivity index (χ0n) is 7.19. The van der Waals surface area contributed by atoms with Gasteiger partial charge in [-0.15, -0.1) is 11.8 Å². The Bertz CT molecular complexity index is 338. The van der Waals surface area contributed by atoms with E-state index in [1.807, 2.05) is 18.2 Å². The van der Waals surface area contributed by atoms with Crippen LogP contribution in [0.2, 0.25) is 0 Å². The largest absolute Gasteiger partial charge is 0.324 e. The molecule has 0 bridgehead atoms. The summed E-state index contributed by atoms with van der Waals surface area (Å²) < 4.78 is 0. The molecule has 1 aliphatic heterocycles. The van der Waals surface area contributed by atoms with Crippen LogP contribution in [-0.4, -0.2) is 12.0 Å². The molecule has 1 aliphatic rings. The zero-order valence-corrected chi connectivity index (χ0v) is 8.01. The van der Waals surface area contributed by atoms with Gasteiger partial charge in [0.05, 0.1) is 0 Å². The van der Waals surface area contributed by atoms with Crippen molar-refractivity contribution in [3.8, 4) is 0 Å². The van der Waals surface area contributed by atoms with Crippen LogP contribution in [0.4, 0.5) is 0 Å². The van der Waals surface area contributed by atoms with Gasteiger partial charge in [0.25, 0.3) is 0 Å². The lowest BCUT2D eigenvalue weighted by molar-refractivity contribution is 0.112. The lowest BCUT2D eigenvalue weighted by atomic mass is 10.0. The van der Waals surface area contributed by atoms with Crippen LogP contribution in [0, 0.1) is 0 Å². The lowest BCUT2D eigenvalue weighted by Crippen LogP contribution is -2.15. The van der Waals surface area contributed by atoms with Crippen LogP contribution in [0.3, 0.4) is 0 Å². The molecular weight excluding hydrogens is 182 g/mol. The summed E-state index contributed by atoms with van der Waals surface area (Å²) in [5.74, 6) is 1.05. The van der Waals surface area contributed by atoms with E-state index in [1.165, 1.54) is 10.5 Å². The predicted molar refractivity (Wildman–Crippen MR) is 54.1 cm³/mol. The van der Waals surface area contributed by atoms with Crippen LogP contribution in [0.5, 0.6) is 0 Å². The second-order valence-electron chi connectivity index (χ2n) is 3.16. The number of carbonyl (C=O) groups is 1. The van der Waals surface area contributed by atoms with Gasteiger partial charge in [-0.2, -0.15) is 0 Å². The van der Waals surface area contributed by atoms with Crippen molar-refractivity contribution in [1.29, 1.82) is 0 Å². The van der Waals surface area contributed by atoms with Gasteiger partial charge in [0.1, 0.15) is 6.29 Å². The normalized spacial score (nSPS) is 20.8. The number of nitrogens with two attached hydrogens (primary N) is 1. The van der Waals surface area contributed by atoms with E-state index in [9.17, 15) is 4.79 Å². The zero-order chi connectivity index (χ0) is 9.26. The summed E-state index contributed by atoms with van der Waals surface area (Å²) >= 11 is 1.78. The van der Waals surface area contributed by atoms with Crippen molar-refractivity contribution in [2.75, 3.05) is 5.75 Å². The smallest absolute Gasteiger partial charge is 0.150 e. The summed E-state index contributed by atoms with van der Waals surface area (Å²) in [6.07, 6.45) is 1.90. The molecular formula is C10H11NOS. The van der Waals surface area contributed by atoms with Crippen LogP contribution in [0.15, 0.2) is 23.1 Å². The molecule has 3 heteroatoms. The monoisotopic (exact) mass is 193 g/mol. The highest BCUT2D eigenvalue weighted by Gasteiger charge is 2.16. The maximum absolute atomic E-state index is 10.5. The molecule has 0 radical (unpaired) electrons. The number of thioether (sulfide) groups is 1. The Morgan fingerprint density at radius 3 is 3.15 bits per heavy atom. The van der Waals surface area contributed by atoms with Crippen LogP contribution < -0.4 is 5.73 Å². The first-order valence-electron chi connectivity index (χ1n) is 4.29. The minimum absolute atomic E-state index is 0.150. The average molecular weight is 193 g/mol. The summed E-state index contributed by atoms with van der Waals surface area (Å²) in [4.78, 5) is 11.7. The van der Waals surface area contributed by atoms with Crippen LogP contribution in [0.25, 0.3) is 0 Å². The Morgan fingerprint density at radius 1 is 1.54 bits per heavy atom. The Balaban J connectivity index is 2.45. The van der Waals surface area contributed by atoms with Crippen LogP contribution in [0.1, 0.15) is 28.4 Å². The van der Waals surface area contributed by atoms with Gasteiger partial charge in [-0.05, 0) is 23.8 Å². The molecule has 0 aromatic heterocycles. The summed E-state index contributed by atoms with van der Waals surface area (Å²) in [5.41, 5.74) is 7.85. The molecule has 0 spiro atoms. The molecule has 0 saturated carbocycles. The third-order valence-corrected chi connectivity index (χ3v) is 3.36. The van der Waals surface area contributed by atoms with Crippen molar-refractivity contribution in [1.82, 2.24) is 0 Å². The Labute approximate surface area is 81.5 Å². The molecule has 68 valence electrons. The standard InChI is InChI=1S/C10H11NOS/c11-9-3-4-13-10-5-7(6-12)1-2-8(9)10/h1-2,5-6,9H,3-4,11H2. The van der Waals surface area contributed by atoms with E-state index in [2.05, 4.69) is 0 Å². The van der Waals surface area contributed by atoms with Crippen molar-refractivity contribution in [2.24, 2.45) is 5.73 Å². The maximum Gasteiger partial charge on any atom is 0.150 e. The first-order valence-corrected chi connectivity index (χ1v) is 5.27. The van der Waals surface area contributed by atoms with Crippen molar-refractivity contribution in [2.45, 2.75) is 17.4 Å². The number of hydrogen-bond donors (Lipinski definition) is 1. The molecule has 0 fully saturated rings. The molecule has 1 unspecified atom stereocenters. The van der Waals surface area contributed by atoms with E-state index in [1.54, 1.807) is 11.8 Å². The van der Waals surface area contributed by atoms with Gasteiger partial charge >= 0.3 is 0 Å². The molecule has 0 saturated heterocycles. The third-order valence-electron chi connectivity index (χ3n) is 2.26. The molecule has 1 atom stereocenters. The van der Waals surface area contributed by atoms with Gasteiger partial charge in [0.15, 0.2) is 0 Å². The first-order chi connectivity index (χ1) is 6.31. The van der Waals surface area contributed by atoms with E-state index in [4.69, 9.17) is 5.73 Å². The van der Waals surface area contributed by atoms with Crippen molar-refractivity contribution >= 4 is 18.0 Å². The summed E-state index contributed by atoms with van der Waals surface area (Å²) in [6.45, 7) is 0. The second kappa shape index (κ2) is 3.52. The maximum atomic E-state index is 10.5. The topological polar surface area (TPSA) is 43.1 Å². The number of fused-ring (bicyclic) bond motifs is 1. The minimum atomic E-state index is 0.150. The van der Waals surface area contributed by atoms with E-state index in [0.29, 0.717) is 0 Å². The van der Waals surface area contributed by atoms with E-state index < -0.39 is 0 Å². The van der Waals surface area contributed by atoms with E-state index in [0.717, 1.165) is 24.0 Å². The summed E-state index contributed by atoms with van der Waals surface area (Å²) in [6, 6.07) is 5.87. The van der Waals surface area contributed by atoms with E-state index >= 15 is 0 Å². The van der Waals surface area contributed by atoms with Gasteiger partial charge in [0.2, 0.25) is 0 Å². The van der Waals surface area contributed by atoms with Crippen molar-refractivity contribution < 1.29 is 4.79 Å². The van der Waals surface area contributed by atoms with Crippen molar-refractivity contribution in [3.63, 3.8) is 0 Å². The van der Waals surface area contributed by atoms with E-state index in [-0.39, 0.29) is 6.04 Å². The summed E-state index contributed by atoms with van der Waals surface area (Å²) in [5, 5.41) is 0. The van der Waals surface area contributed by atoms with Crippen molar-refractivity contribution in [3.05, 3.63) is 29.3 Å². The molecule has 1 aromatic rings. The Hall–Kier alpha value is -0.800. The fourth-order valence-corrected chi connectivity index (χ4v) is 2.70. The molecule has 1 aromatic carbocycles. The Morgan fingerprint density at radius 2 is 2.38 bits per heavy atom. The Kier molecular flexibility index (Phi) is 2.38. The molecule has 2 N–H and O–H groups in total. The van der Waals surface area contributed by atoms with Gasteiger partial charge in [-0.25, -0.2) is 0 Å². The number of carbonyl (C=O) groups excluding carboxylic acids is 1.